The van der Waals surface area contributed by atoms with Gasteiger partial charge in [-0.25, -0.2) is 9.78 Å². The Labute approximate surface area is 190 Å². The van der Waals surface area contributed by atoms with E-state index in [-0.39, 0.29) is 18.3 Å². The fourth-order valence-electron chi connectivity index (χ4n) is 3.98. The van der Waals surface area contributed by atoms with Crippen molar-refractivity contribution >= 4 is 23.8 Å². The van der Waals surface area contributed by atoms with Crippen molar-refractivity contribution in [2.24, 2.45) is 0 Å². The van der Waals surface area contributed by atoms with E-state index < -0.39 is 30.4 Å². The Balaban J connectivity index is 1.41. The SMILES string of the molecule is CCn1cnc(NC(=O)C(CC(=O)O)NC(=O)OCC2c3ccccc3-c3ccccc32)c1. The molecule has 0 aliphatic heterocycles. The lowest BCUT2D eigenvalue weighted by Gasteiger charge is -2.18. The van der Waals surface area contributed by atoms with Gasteiger partial charge in [0.05, 0.1) is 12.7 Å². The molecule has 9 nitrogen and oxygen atoms in total. The number of aryl methyl sites for hydroxylation is 1. The second-order valence-corrected chi connectivity index (χ2v) is 7.70. The molecule has 2 amide bonds. The predicted octanol–water partition coefficient (Wildman–Crippen LogP) is 3.22. The molecular weight excluding hydrogens is 424 g/mol. The Bertz CT molecular complexity index is 1140. The van der Waals surface area contributed by atoms with E-state index in [1.54, 1.807) is 17.1 Å². The number of alkyl carbamates (subject to hydrolysis) is 1. The largest absolute Gasteiger partial charge is 0.481 e. The Morgan fingerprint density at radius 1 is 1.09 bits per heavy atom. The maximum atomic E-state index is 12.6. The van der Waals surface area contributed by atoms with Crippen LogP contribution in [0.15, 0.2) is 61.1 Å². The molecule has 170 valence electrons. The van der Waals surface area contributed by atoms with E-state index in [1.165, 1.54) is 0 Å². The number of amides is 2. The smallest absolute Gasteiger partial charge is 0.407 e. The average Bonchev–Trinajstić information content (AvgIpc) is 3.39. The van der Waals surface area contributed by atoms with E-state index in [0.717, 1.165) is 22.3 Å². The molecule has 0 radical (unpaired) electrons. The molecule has 1 aliphatic rings. The molecule has 1 aromatic heterocycles. The van der Waals surface area contributed by atoms with Crippen LogP contribution in [0.4, 0.5) is 10.6 Å². The van der Waals surface area contributed by atoms with E-state index in [0.29, 0.717) is 6.54 Å². The van der Waals surface area contributed by atoms with Crippen LogP contribution < -0.4 is 10.6 Å². The van der Waals surface area contributed by atoms with Crippen molar-refractivity contribution in [2.45, 2.75) is 31.8 Å². The minimum atomic E-state index is -1.31. The van der Waals surface area contributed by atoms with Gasteiger partial charge in [-0.3, -0.25) is 9.59 Å². The van der Waals surface area contributed by atoms with Gasteiger partial charge in [0.2, 0.25) is 5.91 Å². The number of fused-ring (bicyclic) bond motifs is 3. The molecule has 1 heterocycles. The van der Waals surface area contributed by atoms with Crippen LogP contribution >= 0.6 is 0 Å². The molecule has 0 saturated carbocycles. The number of carbonyl (C=O) groups is 3. The van der Waals surface area contributed by atoms with Crippen LogP contribution in [0.3, 0.4) is 0 Å². The summed E-state index contributed by atoms with van der Waals surface area (Å²) in [6.07, 6.45) is 1.70. The predicted molar refractivity (Wildman–Crippen MR) is 121 cm³/mol. The van der Waals surface area contributed by atoms with Crippen molar-refractivity contribution in [2.75, 3.05) is 11.9 Å². The number of anilines is 1. The molecule has 0 spiro atoms. The van der Waals surface area contributed by atoms with E-state index in [2.05, 4.69) is 15.6 Å². The second-order valence-electron chi connectivity index (χ2n) is 7.70. The number of aromatic nitrogens is 2. The third kappa shape index (κ3) is 4.87. The number of carbonyl (C=O) groups excluding carboxylic acids is 2. The first-order chi connectivity index (χ1) is 16.0. The number of nitrogens with one attached hydrogen (secondary N) is 2. The van der Waals surface area contributed by atoms with Gasteiger partial charge in [0.25, 0.3) is 0 Å². The third-order valence-electron chi connectivity index (χ3n) is 5.58. The van der Waals surface area contributed by atoms with Crippen LogP contribution in [0.2, 0.25) is 0 Å². The molecular formula is C24H24N4O5. The lowest BCUT2D eigenvalue weighted by atomic mass is 9.98. The molecule has 1 atom stereocenters. The average molecular weight is 448 g/mol. The normalized spacial score (nSPS) is 13.0. The van der Waals surface area contributed by atoms with Crippen molar-refractivity contribution in [3.63, 3.8) is 0 Å². The molecule has 3 N–H and O–H groups in total. The summed E-state index contributed by atoms with van der Waals surface area (Å²) in [5.74, 6) is -1.79. The Morgan fingerprint density at radius 3 is 2.30 bits per heavy atom. The van der Waals surface area contributed by atoms with Gasteiger partial charge in [-0.05, 0) is 29.2 Å². The van der Waals surface area contributed by atoms with Gasteiger partial charge in [0, 0.05) is 18.7 Å². The summed E-state index contributed by atoms with van der Waals surface area (Å²) in [7, 11) is 0. The van der Waals surface area contributed by atoms with Gasteiger partial charge < -0.3 is 25.0 Å². The number of imidazole rings is 1. The lowest BCUT2D eigenvalue weighted by molar-refractivity contribution is -0.139. The zero-order chi connectivity index (χ0) is 23.4. The highest BCUT2D eigenvalue weighted by atomic mass is 16.5. The molecule has 9 heteroatoms. The molecule has 0 bridgehead atoms. The van der Waals surface area contributed by atoms with Gasteiger partial charge in [0.1, 0.15) is 12.6 Å². The molecule has 0 saturated heterocycles. The standard InChI is InChI=1S/C24H24N4O5/c1-2-28-12-21(25-14-28)27-23(31)20(11-22(29)30)26-24(32)33-13-19-17-9-5-3-7-15(17)16-8-4-6-10-18(16)19/h3-10,12,14,19-20H,2,11,13H2,1H3,(H,26,32)(H,27,31)(H,29,30). The summed E-state index contributed by atoms with van der Waals surface area (Å²) < 4.78 is 7.18. The van der Waals surface area contributed by atoms with Gasteiger partial charge in [-0.15, -0.1) is 0 Å². The number of aliphatic carboxylic acids is 1. The van der Waals surface area contributed by atoms with Gasteiger partial charge >= 0.3 is 12.1 Å². The minimum absolute atomic E-state index is 0.0577. The first-order valence-corrected chi connectivity index (χ1v) is 10.6. The molecule has 33 heavy (non-hydrogen) atoms. The highest BCUT2D eigenvalue weighted by Crippen LogP contribution is 2.44. The van der Waals surface area contributed by atoms with Crippen LogP contribution in [0.25, 0.3) is 11.1 Å². The van der Waals surface area contributed by atoms with Gasteiger partial charge in [-0.2, -0.15) is 0 Å². The lowest BCUT2D eigenvalue weighted by Crippen LogP contribution is -2.45. The highest BCUT2D eigenvalue weighted by Gasteiger charge is 2.30. The number of ether oxygens (including phenoxy) is 1. The summed E-state index contributed by atoms with van der Waals surface area (Å²) in [5, 5.41) is 14.1. The molecule has 2 aromatic carbocycles. The number of carboxylic acids is 1. The first-order valence-electron chi connectivity index (χ1n) is 10.6. The van der Waals surface area contributed by atoms with Gasteiger partial charge in [-0.1, -0.05) is 48.5 Å². The maximum absolute atomic E-state index is 12.6. The number of nitrogens with zero attached hydrogens (tertiary/aromatic N) is 2. The van der Waals surface area contributed by atoms with Crippen LogP contribution in [0.5, 0.6) is 0 Å². The topological polar surface area (TPSA) is 123 Å². The van der Waals surface area contributed by atoms with Gasteiger partial charge in [0.15, 0.2) is 5.82 Å². The van der Waals surface area contributed by atoms with Crippen LogP contribution in [-0.2, 0) is 20.9 Å². The van der Waals surface area contributed by atoms with E-state index in [4.69, 9.17) is 4.74 Å². The minimum Gasteiger partial charge on any atom is -0.481 e. The van der Waals surface area contributed by atoms with Crippen molar-refractivity contribution in [1.82, 2.24) is 14.9 Å². The number of benzene rings is 2. The molecule has 0 fully saturated rings. The first kappa shape index (κ1) is 22.1. The van der Waals surface area contributed by atoms with Crippen molar-refractivity contribution in [3.05, 3.63) is 72.2 Å². The number of rotatable bonds is 8. The van der Waals surface area contributed by atoms with Crippen LogP contribution in [0.1, 0.15) is 30.4 Å². The quantitative estimate of drug-likeness (QED) is 0.486. The third-order valence-corrected chi connectivity index (χ3v) is 5.58. The van der Waals surface area contributed by atoms with Crippen molar-refractivity contribution in [1.29, 1.82) is 0 Å². The Kier molecular flexibility index (Phi) is 6.39. The maximum Gasteiger partial charge on any atom is 0.407 e. The van der Waals surface area contributed by atoms with E-state index in [1.807, 2.05) is 55.5 Å². The van der Waals surface area contributed by atoms with Crippen LogP contribution in [-0.4, -0.2) is 45.3 Å². The summed E-state index contributed by atoms with van der Waals surface area (Å²) in [5.41, 5.74) is 4.30. The number of hydrogen-bond acceptors (Lipinski definition) is 5. The highest BCUT2D eigenvalue weighted by molar-refractivity contribution is 5.97. The fourth-order valence-corrected chi connectivity index (χ4v) is 3.98. The van der Waals surface area contributed by atoms with Crippen molar-refractivity contribution in [3.8, 4) is 11.1 Å². The number of hydrogen-bond donors (Lipinski definition) is 3. The summed E-state index contributed by atoms with van der Waals surface area (Å²) in [6, 6.07) is 14.5. The monoisotopic (exact) mass is 448 g/mol. The zero-order valence-corrected chi connectivity index (χ0v) is 18.0. The molecule has 1 aliphatic carbocycles. The number of carboxylic acid groups (broad SMARTS) is 1. The summed E-state index contributed by atoms with van der Waals surface area (Å²) in [6.45, 7) is 2.64. The Hall–Kier alpha value is -4.14. The molecule has 4 rings (SSSR count). The fraction of sp³-hybridized carbons (Fsp3) is 0.250. The Morgan fingerprint density at radius 2 is 1.73 bits per heavy atom. The molecule has 1 unspecified atom stereocenters. The summed E-state index contributed by atoms with van der Waals surface area (Å²) >= 11 is 0. The van der Waals surface area contributed by atoms with E-state index in [9.17, 15) is 19.5 Å². The molecule has 3 aromatic rings. The van der Waals surface area contributed by atoms with Crippen LogP contribution in [0, 0.1) is 0 Å². The second kappa shape index (κ2) is 9.56. The zero-order valence-electron chi connectivity index (χ0n) is 18.0. The van der Waals surface area contributed by atoms with Crippen molar-refractivity contribution < 1.29 is 24.2 Å². The van der Waals surface area contributed by atoms with E-state index >= 15 is 0 Å². The summed E-state index contributed by atoms with van der Waals surface area (Å²) in [4.78, 5) is 40.4.